The van der Waals surface area contributed by atoms with Crippen LogP contribution in [-0.2, 0) is 16.1 Å². The lowest BCUT2D eigenvalue weighted by atomic mass is 10.1. The lowest BCUT2D eigenvalue weighted by Gasteiger charge is -2.07. The summed E-state index contributed by atoms with van der Waals surface area (Å²) in [6.07, 6.45) is 1.44. The summed E-state index contributed by atoms with van der Waals surface area (Å²) < 4.78 is 10.6. The van der Waals surface area contributed by atoms with Crippen molar-refractivity contribution in [3.05, 3.63) is 105 Å². The lowest BCUT2D eigenvalue weighted by Crippen LogP contribution is -2.13. The van der Waals surface area contributed by atoms with Gasteiger partial charge in [-0.2, -0.15) is 5.26 Å². The van der Waals surface area contributed by atoms with E-state index in [4.69, 9.17) is 9.47 Å². The average molecular weight is 471 g/mol. The molecule has 3 aromatic carbocycles. The van der Waals surface area contributed by atoms with Gasteiger partial charge in [0.1, 0.15) is 24.0 Å². The van der Waals surface area contributed by atoms with E-state index in [0.717, 1.165) is 0 Å². The van der Waals surface area contributed by atoms with E-state index in [9.17, 15) is 25.0 Å². The fraction of sp³-hybridized carbons (Fsp3) is 0.115. The highest BCUT2D eigenvalue weighted by atomic mass is 16.6. The molecule has 0 aromatic heterocycles. The van der Waals surface area contributed by atoms with Crippen molar-refractivity contribution in [3.63, 3.8) is 0 Å². The van der Waals surface area contributed by atoms with Crippen molar-refractivity contribution < 1.29 is 24.0 Å². The molecule has 0 unspecified atom stereocenters. The second kappa shape index (κ2) is 11.8. The highest BCUT2D eigenvalue weighted by molar-refractivity contribution is 6.09. The standard InChI is InChI=1S/C26H21N3O6/c1-2-34-26(31)20-8-10-22(11-9-20)28-25(30)21(16-27)14-18-6-12-24(13-7-18)35-17-19-4-3-5-23(15-19)29(32)33/h3-15H,2,17H2,1H3,(H,28,30)/b21-14+. The molecule has 0 spiro atoms. The lowest BCUT2D eigenvalue weighted by molar-refractivity contribution is -0.384. The van der Waals surface area contributed by atoms with E-state index >= 15 is 0 Å². The first-order valence-corrected chi connectivity index (χ1v) is 10.6. The predicted octanol–water partition coefficient (Wildman–Crippen LogP) is 4.90. The minimum absolute atomic E-state index is 0.0103. The van der Waals surface area contributed by atoms with Gasteiger partial charge in [-0.05, 0) is 60.5 Å². The first kappa shape index (κ1) is 24.7. The number of ether oxygens (including phenoxy) is 2. The van der Waals surface area contributed by atoms with E-state index in [1.807, 2.05) is 6.07 Å². The molecule has 1 amide bonds. The summed E-state index contributed by atoms with van der Waals surface area (Å²) in [4.78, 5) is 34.6. The Bertz CT molecular complexity index is 1290. The van der Waals surface area contributed by atoms with Crippen molar-refractivity contribution in [2.45, 2.75) is 13.5 Å². The molecule has 0 aliphatic heterocycles. The SMILES string of the molecule is CCOC(=O)c1ccc(NC(=O)/C(C#N)=C/c2ccc(OCc3cccc([N+](=O)[O-])c3)cc2)cc1. The Labute approximate surface area is 201 Å². The first-order valence-electron chi connectivity index (χ1n) is 10.6. The predicted molar refractivity (Wildman–Crippen MR) is 128 cm³/mol. The molecule has 0 radical (unpaired) electrons. The summed E-state index contributed by atoms with van der Waals surface area (Å²) >= 11 is 0. The molecule has 3 rings (SSSR count). The maximum atomic E-state index is 12.5. The Morgan fingerprint density at radius 3 is 2.43 bits per heavy atom. The minimum Gasteiger partial charge on any atom is -0.489 e. The topological polar surface area (TPSA) is 132 Å². The minimum atomic E-state index is -0.595. The number of amides is 1. The van der Waals surface area contributed by atoms with Gasteiger partial charge in [0.2, 0.25) is 0 Å². The molecular formula is C26H21N3O6. The van der Waals surface area contributed by atoms with Gasteiger partial charge in [0.15, 0.2) is 0 Å². The highest BCUT2D eigenvalue weighted by Crippen LogP contribution is 2.19. The summed E-state index contributed by atoms with van der Waals surface area (Å²) in [6, 6.07) is 20.9. The van der Waals surface area contributed by atoms with Crippen LogP contribution < -0.4 is 10.1 Å². The zero-order chi connectivity index (χ0) is 25.2. The van der Waals surface area contributed by atoms with Gasteiger partial charge in [0.05, 0.1) is 17.1 Å². The van der Waals surface area contributed by atoms with Crippen LogP contribution in [-0.4, -0.2) is 23.4 Å². The van der Waals surface area contributed by atoms with Crippen LogP contribution in [0.2, 0.25) is 0 Å². The molecule has 0 fully saturated rings. The maximum absolute atomic E-state index is 12.5. The Morgan fingerprint density at radius 1 is 1.09 bits per heavy atom. The van der Waals surface area contributed by atoms with Crippen molar-refractivity contribution in [3.8, 4) is 11.8 Å². The number of nitrogens with one attached hydrogen (secondary N) is 1. The summed E-state index contributed by atoms with van der Waals surface area (Å²) in [7, 11) is 0. The molecule has 0 bridgehead atoms. The van der Waals surface area contributed by atoms with E-state index in [-0.39, 0.29) is 24.5 Å². The molecule has 0 saturated heterocycles. The second-order valence-electron chi connectivity index (χ2n) is 7.21. The fourth-order valence-electron chi connectivity index (χ4n) is 3.00. The third-order valence-corrected chi connectivity index (χ3v) is 4.74. The number of nitriles is 1. The van der Waals surface area contributed by atoms with Crippen molar-refractivity contribution in [1.29, 1.82) is 5.26 Å². The van der Waals surface area contributed by atoms with Gasteiger partial charge in [-0.3, -0.25) is 14.9 Å². The smallest absolute Gasteiger partial charge is 0.338 e. The molecule has 0 heterocycles. The number of nitrogens with zero attached hydrogens (tertiary/aromatic N) is 2. The van der Waals surface area contributed by atoms with Crippen molar-refractivity contribution in [2.24, 2.45) is 0 Å². The van der Waals surface area contributed by atoms with Gasteiger partial charge in [-0.1, -0.05) is 24.3 Å². The molecule has 35 heavy (non-hydrogen) atoms. The average Bonchev–Trinajstić information content (AvgIpc) is 2.87. The Hall–Kier alpha value is -4.97. The molecule has 0 aliphatic rings. The van der Waals surface area contributed by atoms with Crippen LogP contribution in [0.25, 0.3) is 6.08 Å². The van der Waals surface area contributed by atoms with Crippen molar-refractivity contribution in [2.75, 3.05) is 11.9 Å². The van der Waals surface area contributed by atoms with E-state index < -0.39 is 16.8 Å². The van der Waals surface area contributed by atoms with Crippen LogP contribution in [0.15, 0.2) is 78.4 Å². The van der Waals surface area contributed by atoms with Crippen molar-refractivity contribution in [1.82, 2.24) is 0 Å². The normalized spacial score (nSPS) is 10.7. The number of nitro benzene ring substituents is 1. The van der Waals surface area contributed by atoms with Crippen LogP contribution in [0.3, 0.4) is 0 Å². The van der Waals surface area contributed by atoms with Gasteiger partial charge in [0, 0.05) is 17.8 Å². The van der Waals surface area contributed by atoms with Crippen molar-refractivity contribution >= 4 is 29.3 Å². The molecule has 0 saturated carbocycles. The largest absolute Gasteiger partial charge is 0.489 e. The van der Waals surface area contributed by atoms with Crippen LogP contribution in [0.5, 0.6) is 5.75 Å². The van der Waals surface area contributed by atoms with E-state index in [0.29, 0.717) is 28.1 Å². The molecule has 0 aliphatic carbocycles. The molecule has 0 atom stereocenters. The van der Waals surface area contributed by atoms with Gasteiger partial charge in [-0.15, -0.1) is 0 Å². The van der Waals surface area contributed by atoms with Crippen LogP contribution in [0.1, 0.15) is 28.4 Å². The van der Waals surface area contributed by atoms with Gasteiger partial charge >= 0.3 is 5.97 Å². The maximum Gasteiger partial charge on any atom is 0.338 e. The number of rotatable bonds is 9. The zero-order valence-electron chi connectivity index (χ0n) is 18.8. The van der Waals surface area contributed by atoms with Crippen LogP contribution in [0, 0.1) is 21.4 Å². The number of benzene rings is 3. The summed E-state index contributed by atoms with van der Waals surface area (Å²) in [5.74, 6) is -0.527. The number of carbonyl (C=O) groups excluding carboxylic acids is 2. The molecular weight excluding hydrogens is 450 g/mol. The summed E-state index contributed by atoms with van der Waals surface area (Å²) in [5, 5.41) is 22.9. The molecule has 9 nitrogen and oxygen atoms in total. The number of nitro groups is 1. The quantitative estimate of drug-likeness (QED) is 0.154. The number of carbonyl (C=O) groups is 2. The van der Waals surface area contributed by atoms with E-state index in [2.05, 4.69) is 5.32 Å². The third kappa shape index (κ3) is 7.00. The Balaban J connectivity index is 1.61. The zero-order valence-corrected chi connectivity index (χ0v) is 18.8. The third-order valence-electron chi connectivity index (χ3n) is 4.74. The second-order valence-corrected chi connectivity index (χ2v) is 7.21. The van der Waals surface area contributed by atoms with E-state index in [1.54, 1.807) is 55.5 Å². The molecule has 9 heteroatoms. The number of esters is 1. The van der Waals surface area contributed by atoms with E-state index in [1.165, 1.54) is 30.3 Å². The van der Waals surface area contributed by atoms with Gasteiger partial charge < -0.3 is 14.8 Å². The summed E-state index contributed by atoms with van der Waals surface area (Å²) in [5.41, 5.74) is 1.93. The van der Waals surface area contributed by atoms with Gasteiger partial charge in [0.25, 0.3) is 11.6 Å². The Morgan fingerprint density at radius 2 is 1.80 bits per heavy atom. The number of hydrogen-bond acceptors (Lipinski definition) is 7. The Kier molecular flexibility index (Phi) is 8.29. The number of anilines is 1. The number of hydrogen-bond donors (Lipinski definition) is 1. The first-order chi connectivity index (χ1) is 16.9. The monoisotopic (exact) mass is 471 g/mol. The van der Waals surface area contributed by atoms with Gasteiger partial charge in [-0.25, -0.2) is 4.79 Å². The fourth-order valence-corrected chi connectivity index (χ4v) is 3.00. The molecule has 3 aromatic rings. The number of non-ortho nitro benzene ring substituents is 1. The summed E-state index contributed by atoms with van der Waals surface area (Å²) in [6.45, 7) is 2.12. The highest BCUT2D eigenvalue weighted by Gasteiger charge is 2.11. The van der Waals surface area contributed by atoms with Crippen LogP contribution >= 0.6 is 0 Å². The van der Waals surface area contributed by atoms with Crippen LogP contribution in [0.4, 0.5) is 11.4 Å². The molecule has 1 N–H and O–H groups in total. The molecule has 176 valence electrons.